The van der Waals surface area contributed by atoms with Crippen LogP contribution in [-0.2, 0) is 0 Å². The largest absolute Gasteiger partial charge is 0.331 e. The highest BCUT2D eigenvalue weighted by atomic mass is 32.1. The van der Waals surface area contributed by atoms with Crippen LogP contribution in [0.25, 0.3) is 0 Å². The molecule has 1 heterocycles. The summed E-state index contributed by atoms with van der Waals surface area (Å²) >= 11 is 3.82. The van der Waals surface area contributed by atoms with Crippen LogP contribution in [0.5, 0.6) is 0 Å². The van der Waals surface area contributed by atoms with Crippen LogP contribution in [-0.4, -0.2) is 23.3 Å². The molecular formula is C3H6FN3OS. The van der Waals surface area contributed by atoms with Gasteiger partial charge in [0.05, 0.1) is 0 Å². The molecule has 1 atom stereocenters. The zero-order valence-electron chi connectivity index (χ0n) is 4.47. The Morgan fingerprint density at radius 1 is 1.89 bits per heavy atom. The van der Waals surface area contributed by atoms with Gasteiger partial charge in [0.15, 0.2) is 6.80 Å². The van der Waals surface area contributed by atoms with Gasteiger partial charge >= 0.3 is 6.03 Å². The van der Waals surface area contributed by atoms with E-state index in [-0.39, 0.29) is 0 Å². The number of halogens is 1. The Morgan fingerprint density at radius 3 is 2.78 bits per heavy atom. The number of amides is 2. The van der Waals surface area contributed by atoms with Crippen molar-refractivity contribution in [3.05, 3.63) is 0 Å². The van der Waals surface area contributed by atoms with Crippen molar-refractivity contribution in [2.24, 2.45) is 0 Å². The topological polar surface area (TPSA) is 44.4 Å². The van der Waals surface area contributed by atoms with E-state index in [0.717, 1.165) is 5.01 Å². The second-order valence-electron chi connectivity index (χ2n) is 1.55. The molecule has 1 saturated heterocycles. The summed E-state index contributed by atoms with van der Waals surface area (Å²) in [5.74, 6) is 0. The molecule has 2 amide bonds. The maximum Gasteiger partial charge on any atom is 0.331 e. The minimum atomic E-state index is -0.743. The molecule has 52 valence electrons. The van der Waals surface area contributed by atoms with Gasteiger partial charge in [0.25, 0.3) is 0 Å². The van der Waals surface area contributed by atoms with Crippen molar-refractivity contribution in [2.45, 2.75) is 5.50 Å². The fourth-order valence-electron chi connectivity index (χ4n) is 0.514. The summed E-state index contributed by atoms with van der Waals surface area (Å²) in [5.41, 5.74) is 1.63. The Labute approximate surface area is 56.8 Å². The fraction of sp³-hybridized carbons (Fsp3) is 0.667. The summed E-state index contributed by atoms with van der Waals surface area (Å²) in [6, 6.07) is -0.423. The van der Waals surface area contributed by atoms with Gasteiger partial charge in [-0.05, 0) is 0 Å². The van der Waals surface area contributed by atoms with Crippen molar-refractivity contribution in [2.75, 3.05) is 6.80 Å². The van der Waals surface area contributed by atoms with Crippen LogP contribution in [0.1, 0.15) is 0 Å². The molecule has 0 aromatic carbocycles. The number of nitrogens with one attached hydrogen (secondary N) is 2. The van der Waals surface area contributed by atoms with E-state index < -0.39 is 18.3 Å². The Balaban J connectivity index is 2.47. The normalized spacial score (nSPS) is 27.8. The van der Waals surface area contributed by atoms with Crippen LogP contribution < -0.4 is 10.7 Å². The molecule has 1 rings (SSSR count). The first-order valence-electron chi connectivity index (χ1n) is 2.32. The Bertz CT molecular complexity index is 132. The first-order valence-corrected chi connectivity index (χ1v) is 2.83. The maximum absolute atomic E-state index is 11.7. The van der Waals surface area contributed by atoms with Crippen LogP contribution in [0.15, 0.2) is 0 Å². The van der Waals surface area contributed by atoms with Crippen molar-refractivity contribution in [1.82, 2.24) is 15.8 Å². The summed E-state index contributed by atoms with van der Waals surface area (Å²) in [6.45, 7) is -0.743. The number of rotatable bonds is 1. The number of hydrazine groups is 1. The van der Waals surface area contributed by atoms with Crippen LogP contribution in [0, 0.1) is 0 Å². The van der Waals surface area contributed by atoms with Gasteiger partial charge in [-0.1, -0.05) is 0 Å². The fourth-order valence-corrected chi connectivity index (χ4v) is 0.751. The SMILES string of the molecule is O=C1NC(S)N(CF)N1. The van der Waals surface area contributed by atoms with Gasteiger partial charge in [-0.25, -0.2) is 9.18 Å². The van der Waals surface area contributed by atoms with Gasteiger partial charge in [-0.2, -0.15) is 5.01 Å². The number of alkyl halides is 1. The molecule has 1 fully saturated rings. The molecule has 6 heteroatoms. The lowest BCUT2D eigenvalue weighted by Crippen LogP contribution is -2.35. The lowest BCUT2D eigenvalue weighted by atomic mass is 11.0. The molecule has 0 aromatic rings. The van der Waals surface area contributed by atoms with Crippen LogP contribution >= 0.6 is 12.6 Å². The van der Waals surface area contributed by atoms with E-state index in [2.05, 4.69) is 23.4 Å². The molecule has 0 aromatic heterocycles. The molecule has 4 nitrogen and oxygen atoms in total. The van der Waals surface area contributed by atoms with Crippen molar-refractivity contribution in [3.8, 4) is 0 Å². The summed E-state index contributed by atoms with van der Waals surface area (Å²) < 4.78 is 11.7. The lowest BCUT2D eigenvalue weighted by Gasteiger charge is -2.11. The van der Waals surface area contributed by atoms with Gasteiger partial charge in [0, 0.05) is 0 Å². The summed E-state index contributed by atoms with van der Waals surface area (Å²) in [6.07, 6.45) is 0. The predicted octanol–water partition coefficient (Wildman–Crippen LogP) is -0.343. The molecule has 0 saturated carbocycles. The molecule has 1 unspecified atom stereocenters. The molecular weight excluding hydrogens is 145 g/mol. The average molecular weight is 151 g/mol. The highest BCUT2D eigenvalue weighted by Crippen LogP contribution is 2.02. The zero-order valence-corrected chi connectivity index (χ0v) is 5.36. The number of thiol groups is 1. The second-order valence-corrected chi connectivity index (χ2v) is 2.04. The van der Waals surface area contributed by atoms with E-state index in [1.807, 2.05) is 0 Å². The molecule has 9 heavy (non-hydrogen) atoms. The quantitative estimate of drug-likeness (QED) is 0.354. The van der Waals surface area contributed by atoms with Gasteiger partial charge in [0.2, 0.25) is 0 Å². The average Bonchev–Trinajstić information content (AvgIpc) is 2.10. The molecule has 0 spiro atoms. The molecule has 2 N–H and O–H groups in total. The molecule has 0 aliphatic carbocycles. The lowest BCUT2D eigenvalue weighted by molar-refractivity contribution is 0.153. The first-order chi connectivity index (χ1) is 4.24. The van der Waals surface area contributed by atoms with E-state index in [1.165, 1.54) is 0 Å². The zero-order chi connectivity index (χ0) is 6.85. The number of carbonyl (C=O) groups excluding carboxylic acids is 1. The molecule has 0 bridgehead atoms. The van der Waals surface area contributed by atoms with Gasteiger partial charge in [-0.15, -0.1) is 12.6 Å². The Morgan fingerprint density at radius 2 is 2.56 bits per heavy atom. The van der Waals surface area contributed by atoms with Gasteiger partial charge in [0.1, 0.15) is 5.50 Å². The van der Waals surface area contributed by atoms with E-state index >= 15 is 0 Å². The molecule has 0 radical (unpaired) electrons. The number of hydrogen-bond donors (Lipinski definition) is 3. The Hall–Kier alpha value is -0.490. The van der Waals surface area contributed by atoms with Crippen LogP contribution in [0.2, 0.25) is 0 Å². The second kappa shape index (κ2) is 2.40. The standard InChI is InChI=1S/C3H6FN3OS/c4-1-7-3(9)5-2(8)6-7/h3,9H,1H2,(H2,5,6,8). The monoisotopic (exact) mass is 151 g/mol. The van der Waals surface area contributed by atoms with E-state index in [9.17, 15) is 9.18 Å². The third-order valence-electron chi connectivity index (χ3n) is 0.929. The highest BCUT2D eigenvalue weighted by Gasteiger charge is 2.25. The Kier molecular flexibility index (Phi) is 1.77. The number of hydrogen-bond acceptors (Lipinski definition) is 3. The van der Waals surface area contributed by atoms with Crippen molar-refractivity contribution in [3.63, 3.8) is 0 Å². The third kappa shape index (κ3) is 1.25. The summed E-state index contributed by atoms with van der Waals surface area (Å²) in [5, 5.41) is 3.35. The minimum Gasteiger partial charge on any atom is -0.311 e. The number of carbonyl (C=O) groups is 1. The number of nitrogens with zero attached hydrogens (tertiary/aromatic N) is 1. The predicted molar refractivity (Wildman–Crippen MR) is 32.3 cm³/mol. The third-order valence-corrected chi connectivity index (χ3v) is 1.34. The van der Waals surface area contributed by atoms with E-state index in [1.54, 1.807) is 0 Å². The highest BCUT2D eigenvalue weighted by molar-refractivity contribution is 7.80. The van der Waals surface area contributed by atoms with Crippen molar-refractivity contribution >= 4 is 18.7 Å². The van der Waals surface area contributed by atoms with Crippen LogP contribution in [0.4, 0.5) is 9.18 Å². The van der Waals surface area contributed by atoms with Gasteiger partial charge in [-0.3, -0.25) is 5.43 Å². The summed E-state index contributed by atoms with van der Waals surface area (Å²) in [4.78, 5) is 10.3. The summed E-state index contributed by atoms with van der Waals surface area (Å²) in [7, 11) is 0. The molecule has 1 aliphatic rings. The van der Waals surface area contributed by atoms with E-state index in [0.29, 0.717) is 0 Å². The van der Waals surface area contributed by atoms with Crippen LogP contribution in [0.3, 0.4) is 0 Å². The minimum absolute atomic E-state index is 0.423. The maximum atomic E-state index is 11.7. The van der Waals surface area contributed by atoms with Crippen molar-refractivity contribution in [1.29, 1.82) is 0 Å². The smallest absolute Gasteiger partial charge is 0.311 e. The molecule has 1 aliphatic heterocycles. The first kappa shape index (κ1) is 6.63. The van der Waals surface area contributed by atoms with Crippen molar-refractivity contribution < 1.29 is 9.18 Å². The van der Waals surface area contributed by atoms with Gasteiger partial charge < -0.3 is 5.32 Å². The van der Waals surface area contributed by atoms with E-state index in [4.69, 9.17) is 0 Å². The number of urea groups is 1.